The molecular weight excluding hydrogens is 188 g/mol. The number of nitrogens with one attached hydrogen (secondary N) is 1. The Labute approximate surface area is 90.7 Å². The molecule has 1 fully saturated rings. The molecule has 0 radical (unpaired) electrons. The average Bonchev–Trinajstić information content (AvgIpc) is 2.29. The van der Waals surface area contributed by atoms with Crippen LogP contribution in [0.2, 0.25) is 0 Å². The first kappa shape index (κ1) is 10.6. The minimum Gasteiger partial charge on any atom is -0.312 e. The highest BCUT2D eigenvalue weighted by atomic mass is 16.5. The summed E-state index contributed by atoms with van der Waals surface area (Å²) in [6, 6.07) is 10.3. The predicted octanol–water partition coefficient (Wildman–Crippen LogP) is 1.98. The third-order valence-corrected chi connectivity index (χ3v) is 2.86. The predicted molar refractivity (Wildman–Crippen MR) is 59.4 cm³/mol. The molecule has 1 aromatic rings. The van der Waals surface area contributed by atoms with Crippen molar-refractivity contribution in [2.45, 2.75) is 32.0 Å². The fraction of sp³-hybridized carbons (Fsp3) is 0.500. The van der Waals surface area contributed by atoms with E-state index in [9.17, 15) is 5.21 Å². The van der Waals surface area contributed by atoms with Crippen LogP contribution in [0, 0.1) is 0 Å². The summed E-state index contributed by atoms with van der Waals surface area (Å²) in [5.74, 6) is 0. The number of benzene rings is 1. The lowest BCUT2D eigenvalue weighted by Gasteiger charge is -2.31. The third-order valence-electron chi connectivity index (χ3n) is 2.86. The molecule has 3 heteroatoms. The van der Waals surface area contributed by atoms with E-state index in [1.54, 1.807) is 0 Å². The first-order valence-electron chi connectivity index (χ1n) is 5.59. The molecule has 0 aromatic heterocycles. The van der Waals surface area contributed by atoms with Crippen LogP contribution in [-0.2, 0) is 6.54 Å². The highest BCUT2D eigenvalue weighted by Gasteiger charge is 2.19. The molecule has 0 amide bonds. The Kier molecular flexibility index (Phi) is 3.72. The van der Waals surface area contributed by atoms with Gasteiger partial charge in [0.1, 0.15) is 0 Å². The zero-order valence-corrected chi connectivity index (χ0v) is 8.89. The van der Waals surface area contributed by atoms with Crippen LogP contribution in [0.1, 0.15) is 24.8 Å². The van der Waals surface area contributed by atoms with E-state index in [0.717, 1.165) is 25.9 Å². The lowest BCUT2D eigenvalue weighted by molar-refractivity contribution is -0.151. The van der Waals surface area contributed by atoms with Gasteiger partial charge in [-0.1, -0.05) is 30.3 Å². The summed E-state index contributed by atoms with van der Waals surface area (Å²) >= 11 is 0. The molecule has 1 aromatic carbocycles. The Balaban J connectivity index is 1.82. The van der Waals surface area contributed by atoms with Gasteiger partial charge in [0.15, 0.2) is 0 Å². The van der Waals surface area contributed by atoms with Crippen molar-refractivity contribution in [1.29, 1.82) is 0 Å². The lowest BCUT2D eigenvalue weighted by atomic mass is 10.1. The molecular formula is C12H18N2O. The summed E-state index contributed by atoms with van der Waals surface area (Å²) < 4.78 is 0. The van der Waals surface area contributed by atoms with Gasteiger partial charge < -0.3 is 5.21 Å². The van der Waals surface area contributed by atoms with Crippen molar-refractivity contribution in [3.63, 3.8) is 0 Å². The molecule has 1 saturated heterocycles. The Morgan fingerprint density at radius 3 is 2.80 bits per heavy atom. The first-order chi connectivity index (χ1) is 7.36. The molecule has 0 saturated carbocycles. The van der Waals surface area contributed by atoms with Crippen LogP contribution in [0.3, 0.4) is 0 Å². The molecule has 0 spiro atoms. The van der Waals surface area contributed by atoms with Crippen molar-refractivity contribution in [3.8, 4) is 0 Å². The van der Waals surface area contributed by atoms with Crippen LogP contribution in [-0.4, -0.2) is 23.0 Å². The second-order valence-electron chi connectivity index (χ2n) is 4.04. The van der Waals surface area contributed by atoms with Gasteiger partial charge in [0, 0.05) is 13.1 Å². The van der Waals surface area contributed by atoms with Gasteiger partial charge in [-0.3, -0.25) is 5.32 Å². The molecule has 82 valence electrons. The highest BCUT2D eigenvalue weighted by molar-refractivity contribution is 5.14. The second-order valence-corrected chi connectivity index (χ2v) is 4.04. The molecule has 1 heterocycles. The summed E-state index contributed by atoms with van der Waals surface area (Å²) in [6.45, 7) is 1.61. The van der Waals surface area contributed by atoms with Crippen molar-refractivity contribution in [2.75, 3.05) is 6.54 Å². The maximum absolute atomic E-state index is 9.62. The summed E-state index contributed by atoms with van der Waals surface area (Å²) in [5.41, 5.74) is 1.26. The van der Waals surface area contributed by atoms with Crippen molar-refractivity contribution in [3.05, 3.63) is 35.9 Å². The van der Waals surface area contributed by atoms with Crippen LogP contribution in [0.25, 0.3) is 0 Å². The number of piperidine rings is 1. The zero-order valence-electron chi connectivity index (χ0n) is 8.89. The molecule has 1 atom stereocenters. The molecule has 2 rings (SSSR count). The number of nitrogens with zero attached hydrogens (tertiary/aromatic N) is 1. The molecule has 1 aliphatic rings. The van der Waals surface area contributed by atoms with E-state index in [-0.39, 0.29) is 6.17 Å². The summed E-state index contributed by atoms with van der Waals surface area (Å²) in [4.78, 5) is 0. The zero-order chi connectivity index (χ0) is 10.5. The van der Waals surface area contributed by atoms with Gasteiger partial charge >= 0.3 is 0 Å². The Morgan fingerprint density at radius 1 is 1.27 bits per heavy atom. The fourth-order valence-corrected chi connectivity index (χ4v) is 1.96. The van der Waals surface area contributed by atoms with Crippen LogP contribution in [0.15, 0.2) is 30.3 Å². The second kappa shape index (κ2) is 5.26. The molecule has 2 N–H and O–H groups in total. The Bertz CT molecular complexity index is 289. The van der Waals surface area contributed by atoms with Gasteiger partial charge in [-0.25, -0.2) is 0 Å². The van der Waals surface area contributed by atoms with E-state index in [0.29, 0.717) is 0 Å². The minimum atomic E-state index is 0.124. The number of hydrogen-bond acceptors (Lipinski definition) is 3. The summed E-state index contributed by atoms with van der Waals surface area (Å²) in [7, 11) is 0. The lowest BCUT2D eigenvalue weighted by Crippen LogP contribution is -2.46. The van der Waals surface area contributed by atoms with Crippen molar-refractivity contribution < 1.29 is 5.21 Å². The normalized spacial score (nSPS) is 22.9. The van der Waals surface area contributed by atoms with Gasteiger partial charge in [0.25, 0.3) is 0 Å². The van der Waals surface area contributed by atoms with Gasteiger partial charge in [0.05, 0.1) is 6.17 Å². The average molecular weight is 206 g/mol. The summed E-state index contributed by atoms with van der Waals surface area (Å²) in [6.07, 6.45) is 3.45. The van der Waals surface area contributed by atoms with Crippen LogP contribution in [0.5, 0.6) is 0 Å². The van der Waals surface area contributed by atoms with E-state index in [1.807, 2.05) is 18.2 Å². The molecule has 1 unspecified atom stereocenters. The minimum absolute atomic E-state index is 0.124. The third kappa shape index (κ3) is 3.02. The topological polar surface area (TPSA) is 35.5 Å². The van der Waals surface area contributed by atoms with Crippen molar-refractivity contribution in [1.82, 2.24) is 10.4 Å². The van der Waals surface area contributed by atoms with Gasteiger partial charge in [-0.15, -0.1) is 0 Å². The van der Waals surface area contributed by atoms with E-state index < -0.39 is 0 Å². The fourth-order valence-electron chi connectivity index (χ4n) is 1.96. The monoisotopic (exact) mass is 206 g/mol. The van der Waals surface area contributed by atoms with E-state index in [2.05, 4.69) is 17.4 Å². The Hall–Kier alpha value is -0.900. The maximum Gasteiger partial charge on any atom is 0.0843 e. The van der Waals surface area contributed by atoms with Gasteiger partial charge in [-0.05, 0) is 24.8 Å². The highest BCUT2D eigenvalue weighted by Crippen LogP contribution is 2.12. The Morgan fingerprint density at radius 2 is 2.07 bits per heavy atom. The molecule has 0 bridgehead atoms. The molecule has 15 heavy (non-hydrogen) atoms. The van der Waals surface area contributed by atoms with Gasteiger partial charge in [-0.2, -0.15) is 5.06 Å². The van der Waals surface area contributed by atoms with Crippen LogP contribution >= 0.6 is 0 Å². The SMILES string of the molecule is ON1CCCCC1NCc1ccccc1. The van der Waals surface area contributed by atoms with Crippen molar-refractivity contribution in [2.24, 2.45) is 0 Å². The molecule has 1 aliphatic heterocycles. The molecule has 0 aliphatic carbocycles. The van der Waals surface area contributed by atoms with E-state index in [1.165, 1.54) is 17.0 Å². The quantitative estimate of drug-likeness (QED) is 0.793. The number of rotatable bonds is 3. The maximum atomic E-state index is 9.62. The van der Waals surface area contributed by atoms with Crippen LogP contribution in [0.4, 0.5) is 0 Å². The first-order valence-corrected chi connectivity index (χ1v) is 5.59. The smallest absolute Gasteiger partial charge is 0.0843 e. The van der Waals surface area contributed by atoms with Crippen LogP contribution < -0.4 is 5.32 Å². The van der Waals surface area contributed by atoms with Crippen molar-refractivity contribution >= 4 is 0 Å². The standard InChI is InChI=1S/C12H18N2O/c15-14-9-5-4-8-12(14)13-10-11-6-2-1-3-7-11/h1-3,6-7,12-13,15H,4-5,8-10H2. The summed E-state index contributed by atoms with van der Waals surface area (Å²) in [5, 5.41) is 14.4. The largest absolute Gasteiger partial charge is 0.312 e. The molecule has 3 nitrogen and oxygen atoms in total. The van der Waals surface area contributed by atoms with E-state index >= 15 is 0 Å². The number of hydrogen-bond donors (Lipinski definition) is 2. The van der Waals surface area contributed by atoms with E-state index in [4.69, 9.17) is 0 Å². The van der Waals surface area contributed by atoms with Gasteiger partial charge in [0.2, 0.25) is 0 Å². The number of hydroxylamine groups is 2.